The number of anilines is 1. The zero-order chi connectivity index (χ0) is 12.4. The molecule has 1 amide bonds. The second-order valence-corrected chi connectivity index (χ2v) is 3.86. The molecule has 4 nitrogen and oxygen atoms in total. The van der Waals surface area contributed by atoms with Gasteiger partial charge in [-0.2, -0.15) is 0 Å². The van der Waals surface area contributed by atoms with Crippen LogP contribution in [0.2, 0.25) is 0 Å². The number of fused-ring (bicyclic) bond motifs is 1. The highest BCUT2D eigenvalue weighted by atomic mass is 16.5. The van der Waals surface area contributed by atoms with Crippen LogP contribution in [0.4, 0.5) is 10.5 Å². The molecule has 0 atom stereocenters. The first-order chi connectivity index (χ1) is 8.17. The molecule has 0 fully saturated rings. The minimum atomic E-state index is -0.344. The number of hydrogen-bond acceptors (Lipinski definition) is 3. The number of rotatable bonds is 1. The van der Waals surface area contributed by atoms with Gasteiger partial charge < -0.3 is 9.47 Å². The van der Waals surface area contributed by atoms with E-state index in [-0.39, 0.29) is 6.09 Å². The van der Waals surface area contributed by atoms with Gasteiger partial charge in [-0.05, 0) is 30.2 Å². The molecular formula is C13H15NO3. The lowest BCUT2D eigenvalue weighted by Crippen LogP contribution is -2.34. The Labute approximate surface area is 100 Å². The van der Waals surface area contributed by atoms with E-state index < -0.39 is 0 Å². The van der Waals surface area contributed by atoms with Crippen molar-refractivity contribution in [3.8, 4) is 5.75 Å². The summed E-state index contributed by atoms with van der Waals surface area (Å²) >= 11 is 0. The number of benzene rings is 1. The molecule has 17 heavy (non-hydrogen) atoms. The molecule has 0 spiro atoms. The molecule has 0 radical (unpaired) electrons. The smallest absolute Gasteiger partial charge is 0.414 e. The minimum absolute atomic E-state index is 0.344. The van der Waals surface area contributed by atoms with Crippen molar-refractivity contribution in [3.05, 3.63) is 30.3 Å². The molecule has 1 aliphatic rings. The van der Waals surface area contributed by atoms with Gasteiger partial charge in [0.05, 0.1) is 19.9 Å². The van der Waals surface area contributed by atoms with E-state index in [9.17, 15) is 4.79 Å². The number of amides is 1. The van der Waals surface area contributed by atoms with E-state index in [0.717, 1.165) is 29.0 Å². The summed E-state index contributed by atoms with van der Waals surface area (Å²) in [6.07, 6.45) is 0.402. The summed E-state index contributed by atoms with van der Waals surface area (Å²) in [5, 5.41) is 0. The van der Waals surface area contributed by atoms with Crippen molar-refractivity contribution in [1.82, 2.24) is 0 Å². The van der Waals surface area contributed by atoms with Gasteiger partial charge in [0, 0.05) is 12.1 Å². The Morgan fingerprint density at radius 2 is 2.18 bits per heavy atom. The highest BCUT2D eigenvalue weighted by Gasteiger charge is 2.25. The Bertz CT molecular complexity index is 468. The third kappa shape index (κ3) is 1.98. The van der Waals surface area contributed by atoms with Crippen LogP contribution in [-0.4, -0.2) is 26.9 Å². The van der Waals surface area contributed by atoms with Gasteiger partial charge in [0.25, 0.3) is 0 Å². The summed E-state index contributed by atoms with van der Waals surface area (Å²) in [7, 11) is 3.00. The summed E-state index contributed by atoms with van der Waals surface area (Å²) in [5.41, 5.74) is 2.79. The first-order valence-electron chi connectivity index (χ1n) is 5.39. The Balaban J connectivity index is 2.46. The normalized spacial score (nSPS) is 14.2. The zero-order valence-corrected chi connectivity index (χ0v) is 10.0. The van der Waals surface area contributed by atoms with Crippen molar-refractivity contribution in [1.29, 1.82) is 0 Å². The van der Waals surface area contributed by atoms with E-state index in [0.29, 0.717) is 6.54 Å². The third-order valence-electron chi connectivity index (χ3n) is 2.91. The summed E-state index contributed by atoms with van der Waals surface area (Å²) in [6, 6.07) is 5.58. The number of methoxy groups -OCH3 is 2. The molecule has 0 bridgehead atoms. The fourth-order valence-corrected chi connectivity index (χ4v) is 1.96. The van der Waals surface area contributed by atoms with Gasteiger partial charge in [0.15, 0.2) is 0 Å². The lowest BCUT2D eigenvalue weighted by Gasteiger charge is -2.29. The van der Waals surface area contributed by atoms with E-state index in [4.69, 9.17) is 9.47 Å². The average molecular weight is 233 g/mol. The number of carbonyl (C=O) groups is 1. The lowest BCUT2D eigenvalue weighted by atomic mass is 9.97. The van der Waals surface area contributed by atoms with Gasteiger partial charge in [0.2, 0.25) is 0 Å². The van der Waals surface area contributed by atoms with Crippen LogP contribution in [0.5, 0.6) is 5.75 Å². The molecular weight excluding hydrogens is 218 g/mol. The molecule has 0 N–H and O–H groups in total. The molecule has 0 saturated heterocycles. The summed E-state index contributed by atoms with van der Waals surface area (Å²) in [6.45, 7) is 4.62. The van der Waals surface area contributed by atoms with E-state index >= 15 is 0 Å². The van der Waals surface area contributed by atoms with Gasteiger partial charge in [0.1, 0.15) is 5.75 Å². The van der Waals surface area contributed by atoms with Crippen molar-refractivity contribution in [3.63, 3.8) is 0 Å². The van der Waals surface area contributed by atoms with Crippen molar-refractivity contribution >= 4 is 17.4 Å². The fraction of sp³-hybridized carbons (Fsp3) is 0.308. The van der Waals surface area contributed by atoms with Gasteiger partial charge in [-0.25, -0.2) is 4.79 Å². The van der Waals surface area contributed by atoms with Gasteiger partial charge in [-0.3, -0.25) is 4.90 Å². The quantitative estimate of drug-likeness (QED) is 0.748. The van der Waals surface area contributed by atoms with Crippen LogP contribution in [0.3, 0.4) is 0 Å². The largest absolute Gasteiger partial charge is 0.497 e. The minimum Gasteiger partial charge on any atom is -0.497 e. The van der Waals surface area contributed by atoms with Crippen LogP contribution in [0, 0.1) is 0 Å². The Morgan fingerprint density at radius 1 is 1.41 bits per heavy atom. The van der Waals surface area contributed by atoms with Crippen LogP contribution >= 0.6 is 0 Å². The molecule has 0 saturated carbocycles. The van der Waals surface area contributed by atoms with E-state index in [1.54, 1.807) is 12.0 Å². The summed E-state index contributed by atoms with van der Waals surface area (Å²) in [4.78, 5) is 13.2. The maximum absolute atomic E-state index is 11.6. The molecule has 0 aromatic heterocycles. The first-order valence-corrected chi connectivity index (χ1v) is 5.39. The summed E-state index contributed by atoms with van der Waals surface area (Å²) in [5.74, 6) is 0.761. The highest BCUT2D eigenvalue weighted by molar-refractivity contribution is 5.94. The highest BCUT2D eigenvalue weighted by Crippen LogP contribution is 2.36. The number of nitrogens with zero attached hydrogens (tertiary/aromatic N) is 1. The monoisotopic (exact) mass is 233 g/mol. The molecule has 1 aliphatic heterocycles. The molecule has 1 aromatic carbocycles. The number of ether oxygens (including phenoxy) is 2. The van der Waals surface area contributed by atoms with E-state index in [1.807, 2.05) is 18.2 Å². The van der Waals surface area contributed by atoms with Crippen molar-refractivity contribution in [2.24, 2.45) is 0 Å². The second kappa shape index (κ2) is 4.49. The first kappa shape index (κ1) is 11.5. The van der Waals surface area contributed by atoms with Crippen LogP contribution in [-0.2, 0) is 4.74 Å². The maximum atomic E-state index is 11.6. The topological polar surface area (TPSA) is 38.8 Å². The van der Waals surface area contributed by atoms with Crippen molar-refractivity contribution in [2.75, 3.05) is 25.7 Å². The molecule has 90 valence electrons. The SMILES string of the molecule is C=C1CCN(C(=O)OC)c2ccc(OC)cc21. The van der Waals surface area contributed by atoms with Crippen LogP contribution in [0.25, 0.3) is 5.57 Å². The standard InChI is InChI=1S/C13H15NO3/c1-9-6-7-14(13(15)17-3)12-5-4-10(16-2)8-11(9)12/h4-5,8H,1,6-7H2,2-3H3. The van der Waals surface area contributed by atoms with Crippen LogP contribution in [0.15, 0.2) is 24.8 Å². The molecule has 4 heteroatoms. The number of carbonyl (C=O) groups excluding carboxylic acids is 1. The lowest BCUT2D eigenvalue weighted by molar-refractivity contribution is 0.178. The van der Waals surface area contributed by atoms with Crippen molar-refractivity contribution in [2.45, 2.75) is 6.42 Å². The predicted octanol–water partition coefficient (Wildman–Crippen LogP) is 2.68. The molecule has 0 aliphatic carbocycles. The van der Waals surface area contributed by atoms with Gasteiger partial charge in [-0.1, -0.05) is 6.58 Å². The fourth-order valence-electron chi connectivity index (χ4n) is 1.96. The Kier molecular flexibility index (Phi) is 3.04. The second-order valence-electron chi connectivity index (χ2n) is 3.86. The maximum Gasteiger partial charge on any atom is 0.414 e. The molecule has 1 aromatic rings. The van der Waals surface area contributed by atoms with E-state index in [1.165, 1.54) is 7.11 Å². The average Bonchev–Trinajstić information content (AvgIpc) is 2.38. The number of hydrogen-bond donors (Lipinski definition) is 0. The van der Waals surface area contributed by atoms with Crippen LogP contribution < -0.4 is 9.64 Å². The van der Waals surface area contributed by atoms with Gasteiger partial charge >= 0.3 is 6.09 Å². The van der Waals surface area contributed by atoms with E-state index in [2.05, 4.69) is 6.58 Å². The Hall–Kier alpha value is -1.97. The van der Waals surface area contributed by atoms with Crippen LogP contribution in [0.1, 0.15) is 12.0 Å². The molecule has 0 unspecified atom stereocenters. The Morgan fingerprint density at radius 3 is 2.82 bits per heavy atom. The van der Waals surface area contributed by atoms with Crippen molar-refractivity contribution < 1.29 is 14.3 Å². The third-order valence-corrected chi connectivity index (χ3v) is 2.91. The zero-order valence-electron chi connectivity index (χ0n) is 10.0. The van der Waals surface area contributed by atoms with Gasteiger partial charge in [-0.15, -0.1) is 0 Å². The predicted molar refractivity (Wildman–Crippen MR) is 66.4 cm³/mol. The summed E-state index contributed by atoms with van der Waals surface area (Å²) < 4.78 is 9.94. The molecule has 2 rings (SSSR count). The molecule has 1 heterocycles.